The van der Waals surface area contributed by atoms with Crippen molar-refractivity contribution in [2.75, 3.05) is 6.54 Å². The average molecular weight is 283 g/mol. The van der Waals surface area contributed by atoms with Gasteiger partial charge in [-0.3, -0.25) is 14.1 Å². The molecule has 0 aliphatic rings. The fourth-order valence-electron chi connectivity index (χ4n) is 1.28. The van der Waals surface area contributed by atoms with Crippen molar-refractivity contribution in [3.05, 3.63) is 0 Å². The third-order valence-corrected chi connectivity index (χ3v) is 2.06. The summed E-state index contributed by atoms with van der Waals surface area (Å²) in [4.78, 5) is 3.93. The minimum atomic E-state index is -4.67. The van der Waals surface area contributed by atoms with Gasteiger partial charge < -0.3 is 11.5 Å². The van der Waals surface area contributed by atoms with Gasteiger partial charge in [-0.05, 0) is 6.42 Å². The predicted molar refractivity (Wildman–Crippen MR) is 72.8 cm³/mol. The molecule has 0 aliphatic heterocycles. The fraction of sp³-hybridized carbons (Fsp3) is 0.900. The van der Waals surface area contributed by atoms with Crippen LogP contribution >= 0.6 is 0 Å². The van der Waals surface area contributed by atoms with E-state index in [1.807, 2.05) is 0 Å². The van der Waals surface area contributed by atoms with Crippen LogP contribution in [0.5, 0.6) is 0 Å². The molecular weight excluding hydrogens is 258 g/mol. The van der Waals surface area contributed by atoms with Crippen molar-refractivity contribution in [3.8, 4) is 0 Å². The maximum absolute atomic E-state index is 8.74. The van der Waals surface area contributed by atoms with E-state index in [0.717, 1.165) is 13.0 Å². The lowest BCUT2D eigenvalue weighted by molar-refractivity contribution is 0.381. The number of hydrogen-bond donors (Lipinski definition) is 4. The topological polar surface area (TPSA) is 139 Å². The van der Waals surface area contributed by atoms with Crippen molar-refractivity contribution < 1.29 is 17.5 Å². The first-order chi connectivity index (χ1) is 8.27. The van der Waals surface area contributed by atoms with Crippen molar-refractivity contribution in [1.82, 2.24) is 0 Å². The smallest absolute Gasteiger partial charge is 0.370 e. The van der Waals surface area contributed by atoms with E-state index >= 15 is 0 Å². The van der Waals surface area contributed by atoms with Gasteiger partial charge >= 0.3 is 10.4 Å². The molecule has 0 radical (unpaired) electrons. The Labute approximate surface area is 109 Å². The van der Waals surface area contributed by atoms with Crippen LogP contribution in [0, 0.1) is 0 Å². The molecule has 8 heteroatoms. The second kappa shape index (κ2) is 12.6. The molecule has 18 heavy (non-hydrogen) atoms. The van der Waals surface area contributed by atoms with Crippen molar-refractivity contribution >= 4 is 16.4 Å². The molecule has 7 nitrogen and oxygen atoms in total. The molecule has 0 atom stereocenters. The Balaban J connectivity index is 0. The third kappa shape index (κ3) is 36.2. The van der Waals surface area contributed by atoms with Crippen LogP contribution in [0.3, 0.4) is 0 Å². The van der Waals surface area contributed by atoms with Crippen molar-refractivity contribution in [2.45, 2.75) is 51.9 Å². The Bertz CT molecular complexity index is 292. The maximum Gasteiger partial charge on any atom is 0.394 e. The molecular formula is C10H25N3O4S. The molecule has 0 spiro atoms. The van der Waals surface area contributed by atoms with E-state index in [1.165, 1.54) is 38.5 Å². The van der Waals surface area contributed by atoms with Gasteiger partial charge in [-0.15, -0.1) is 0 Å². The molecule has 0 aromatic carbocycles. The van der Waals surface area contributed by atoms with Crippen LogP contribution in [0.15, 0.2) is 4.99 Å². The Morgan fingerprint density at radius 3 is 1.78 bits per heavy atom. The van der Waals surface area contributed by atoms with Crippen LogP contribution in [0.4, 0.5) is 0 Å². The second-order valence-corrected chi connectivity index (χ2v) is 4.77. The SMILES string of the molecule is CCCCCCCCCN=C(N)N.O=S(=O)(O)O. The van der Waals surface area contributed by atoms with Crippen LogP contribution < -0.4 is 11.5 Å². The summed E-state index contributed by atoms with van der Waals surface area (Å²) in [5.41, 5.74) is 10.4. The standard InChI is InChI=1S/C10H23N3.H2O4S/c1-2-3-4-5-6-7-8-9-13-10(11)12;1-5(2,3)4/h2-9H2,1H3,(H4,11,12,13);(H2,1,2,3,4). The molecule has 0 rings (SSSR count). The second-order valence-electron chi connectivity index (χ2n) is 3.88. The first-order valence-corrected chi connectivity index (χ1v) is 7.42. The Hall–Kier alpha value is -0.860. The van der Waals surface area contributed by atoms with E-state index < -0.39 is 10.4 Å². The number of hydrogen-bond acceptors (Lipinski definition) is 3. The van der Waals surface area contributed by atoms with Crippen LogP contribution in [-0.2, 0) is 10.4 Å². The summed E-state index contributed by atoms with van der Waals surface area (Å²) < 4.78 is 31.6. The highest BCUT2D eigenvalue weighted by atomic mass is 32.3. The van der Waals surface area contributed by atoms with Gasteiger partial charge in [0.15, 0.2) is 5.96 Å². The summed E-state index contributed by atoms with van der Waals surface area (Å²) >= 11 is 0. The molecule has 0 saturated carbocycles. The first kappa shape index (κ1) is 19.5. The minimum Gasteiger partial charge on any atom is -0.370 e. The van der Waals surface area contributed by atoms with Gasteiger partial charge in [-0.2, -0.15) is 8.42 Å². The number of nitrogens with zero attached hydrogens (tertiary/aromatic N) is 1. The molecule has 0 amide bonds. The molecule has 0 bridgehead atoms. The summed E-state index contributed by atoms with van der Waals surface area (Å²) in [5, 5.41) is 0. The largest absolute Gasteiger partial charge is 0.394 e. The Morgan fingerprint density at radius 1 is 1.00 bits per heavy atom. The molecule has 0 fully saturated rings. The number of guanidine groups is 1. The summed E-state index contributed by atoms with van der Waals surface area (Å²) in [6.45, 7) is 3.02. The lowest BCUT2D eigenvalue weighted by Gasteiger charge is -1.98. The van der Waals surface area contributed by atoms with Crippen LogP contribution in [0.1, 0.15) is 51.9 Å². The quantitative estimate of drug-likeness (QED) is 0.229. The zero-order chi connectivity index (χ0) is 14.4. The van der Waals surface area contributed by atoms with Gasteiger partial charge in [0, 0.05) is 6.54 Å². The lowest BCUT2D eigenvalue weighted by Crippen LogP contribution is -2.22. The van der Waals surface area contributed by atoms with E-state index in [0.29, 0.717) is 0 Å². The predicted octanol–water partition coefficient (Wildman–Crippen LogP) is 1.36. The van der Waals surface area contributed by atoms with Crippen molar-refractivity contribution in [2.24, 2.45) is 16.5 Å². The molecule has 0 saturated heterocycles. The maximum atomic E-state index is 8.74. The highest BCUT2D eigenvalue weighted by molar-refractivity contribution is 7.79. The van der Waals surface area contributed by atoms with Gasteiger partial charge in [-0.25, -0.2) is 0 Å². The van der Waals surface area contributed by atoms with Gasteiger partial charge in [0.2, 0.25) is 0 Å². The van der Waals surface area contributed by atoms with Gasteiger partial charge in [-0.1, -0.05) is 45.4 Å². The van der Waals surface area contributed by atoms with Crippen LogP contribution in [-0.4, -0.2) is 30.0 Å². The molecule has 0 aromatic rings. The summed E-state index contributed by atoms with van der Waals surface area (Å²) in [6.07, 6.45) is 9.10. The molecule has 6 N–H and O–H groups in total. The molecule has 0 aromatic heterocycles. The lowest BCUT2D eigenvalue weighted by atomic mass is 10.1. The van der Waals surface area contributed by atoms with E-state index in [2.05, 4.69) is 11.9 Å². The van der Waals surface area contributed by atoms with Crippen molar-refractivity contribution in [3.63, 3.8) is 0 Å². The Kier molecular flexibility index (Phi) is 13.6. The monoisotopic (exact) mass is 283 g/mol. The van der Waals surface area contributed by atoms with Gasteiger partial charge in [0.25, 0.3) is 0 Å². The van der Waals surface area contributed by atoms with E-state index in [1.54, 1.807) is 0 Å². The highest BCUT2D eigenvalue weighted by Gasteiger charge is 1.89. The third-order valence-electron chi connectivity index (χ3n) is 2.06. The fourth-order valence-corrected chi connectivity index (χ4v) is 1.28. The molecule has 0 unspecified atom stereocenters. The zero-order valence-electron chi connectivity index (χ0n) is 10.9. The summed E-state index contributed by atoms with van der Waals surface area (Å²) in [6, 6.07) is 0. The number of unbranched alkanes of at least 4 members (excludes halogenated alkanes) is 6. The summed E-state index contributed by atoms with van der Waals surface area (Å²) in [7, 11) is -4.67. The van der Waals surface area contributed by atoms with Crippen LogP contribution in [0.2, 0.25) is 0 Å². The minimum absolute atomic E-state index is 0.214. The molecule has 0 aliphatic carbocycles. The first-order valence-electron chi connectivity index (χ1n) is 6.02. The van der Waals surface area contributed by atoms with Crippen LogP contribution in [0.25, 0.3) is 0 Å². The van der Waals surface area contributed by atoms with Gasteiger partial charge in [0.1, 0.15) is 0 Å². The number of rotatable bonds is 8. The normalized spacial score (nSPS) is 10.4. The number of aliphatic imine (C=N–C) groups is 1. The van der Waals surface area contributed by atoms with E-state index in [9.17, 15) is 0 Å². The Morgan fingerprint density at radius 2 is 1.39 bits per heavy atom. The van der Waals surface area contributed by atoms with Crippen molar-refractivity contribution in [1.29, 1.82) is 0 Å². The van der Waals surface area contributed by atoms with E-state index in [4.69, 9.17) is 29.0 Å². The summed E-state index contributed by atoms with van der Waals surface area (Å²) in [5.74, 6) is 0.214. The average Bonchev–Trinajstić information content (AvgIpc) is 2.19. The van der Waals surface area contributed by atoms with E-state index in [-0.39, 0.29) is 5.96 Å². The molecule has 110 valence electrons. The highest BCUT2D eigenvalue weighted by Crippen LogP contribution is 2.06. The van der Waals surface area contributed by atoms with Gasteiger partial charge in [0.05, 0.1) is 0 Å². The number of nitrogens with two attached hydrogens (primary N) is 2. The molecule has 0 heterocycles. The zero-order valence-corrected chi connectivity index (χ0v) is 11.7.